The summed E-state index contributed by atoms with van der Waals surface area (Å²) in [5.41, 5.74) is 1.98. The van der Waals surface area contributed by atoms with E-state index < -0.39 is 17.4 Å². The summed E-state index contributed by atoms with van der Waals surface area (Å²) in [7, 11) is 0. The lowest BCUT2D eigenvalue weighted by atomic mass is 10.1. The predicted octanol–water partition coefficient (Wildman–Crippen LogP) is 4.45. The summed E-state index contributed by atoms with van der Waals surface area (Å²) in [6.07, 6.45) is 2.05. The van der Waals surface area contributed by atoms with Gasteiger partial charge in [0.15, 0.2) is 11.2 Å². The summed E-state index contributed by atoms with van der Waals surface area (Å²) < 4.78 is 13.3. The number of esters is 1. The minimum Gasteiger partial charge on any atom is -0.462 e. The van der Waals surface area contributed by atoms with Gasteiger partial charge in [-0.05, 0) is 36.2 Å². The molecule has 2 heterocycles. The number of aromatic nitrogens is 4. The van der Waals surface area contributed by atoms with Gasteiger partial charge in [0, 0.05) is 18.0 Å². The standard InChI is InChI=1S/C31H29N5O5/c37-28(24-12-6-2-7-13-24)34-31-33-27-26(29(38)35-31)32-21-36(27)18-23(20-40-19-22-10-4-1-5-11-22)16-17-41-30(39)25-14-8-3-9-15-25/h1-15,21,23H,16-20H2,(H2,33,34,35,37,38)/t23-/m1/s1. The molecule has 0 aliphatic carbocycles. The number of amides is 1. The van der Waals surface area contributed by atoms with Gasteiger partial charge in [-0.3, -0.25) is 19.9 Å². The molecule has 2 N–H and O–H groups in total. The first kappa shape index (κ1) is 27.5. The second kappa shape index (κ2) is 13.3. The second-order valence-corrected chi connectivity index (χ2v) is 9.46. The highest BCUT2D eigenvalue weighted by Crippen LogP contribution is 2.16. The number of nitrogens with zero attached hydrogens (tertiary/aromatic N) is 3. The molecule has 10 heteroatoms. The third kappa shape index (κ3) is 7.31. The fourth-order valence-electron chi connectivity index (χ4n) is 4.31. The number of imidazole rings is 1. The minimum atomic E-state index is -0.467. The number of anilines is 1. The van der Waals surface area contributed by atoms with Crippen molar-refractivity contribution in [2.24, 2.45) is 5.92 Å². The van der Waals surface area contributed by atoms with Gasteiger partial charge in [-0.1, -0.05) is 66.7 Å². The lowest BCUT2D eigenvalue weighted by Crippen LogP contribution is -2.21. The van der Waals surface area contributed by atoms with Crippen molar-refractivity contribution in [3.05, 3.63) is 124 Å². The predicted molar refractivity (Wildman–Crippen MR) is 153 cm³/mol. The summed E-state index contributed by atoms with van der Waals surface area (Å²) in [5.74, 6) is -0.865. The van der Waals surface area contributed by atoms with E-state index in [0.29, 0.717) is 43.0 Å². The van der Waals surface area contributed by atoms with E-state index in [1.54, 1.807) is 53.1 Å². The van der Waals surface area contributed by atoms with Crippen molar-refractivity contribution in [2.45, 2.75) is 19.6 Å². The molecule has 0 bridgehead atoms. The Bertz CT molecular complexity index is 1650. The Morgan fingerprint density at radius 3 is 2.27 bits per heavy atom. The van der Waals surface area contributed by atoms with Gasteiger partial charge in [0.1, 0.15) is 0 Å². The molecule has 0 aliphatic heterocycles. The fraction of sp³-hybridized carbons (Fsp3) is 0.194. The van der Waals surface area contributed by atoms with Crippen LogP contribution < -0.4 is 10.9 Å². The zero-order valence-corrected chi connectivity index (χ0v) is 22.2. The molecule has 3 aromatic carbocycles. The molecule has 5 aromatic rings. The van der Waals surface area contributed by atoms with E-state index in [-0.39, 0.29) is 24.0 Å². The average molecular weight is 552 g/mol. The van der Waals surface area contributed by atoms with Crippen molar-refractivity contribution in [3.8, 4) is 0 Å². The van der Waals surface area contributed by atoms with Crippen LogP contribution in [-0.2, 0) is 22.6 Å². The fourth-order valence-corrected chi connectivity index (χ4v) is 4.31. The topological polar surface area (TPSA) is 128 Å². The van der Waals surface area contributed by atoms with Crippen LogP contribution in [-0.4, -0.2) is 44.6 Å². The van der Waals surface area contributed by atoms with E-state index >= 15 is 0 Å². The number of carbonyl (C=O) groups is 2. The molecule has 0 saturated carbocycles. The average Bonchev–Trinajstić information content (AvgIpc) is 3.41. The van der Waals surface area contributed by atoms with Gasteiger partial charge >= 0.3 is 5.97 Å². The van der Waals surface area contributed by atoms with Crippen molar-refractivity contribution >= 4 is 29.0 Å². The summed E-state index contributed by atoms with van der Waals surface area (Å²) in [6, 6.07) is 27.3. The molecular weight excluding hydrogens is 522 g/mol. The van der Waals surface area contributed by atoms with E-state index in [0.717, 1.165) is 5.56 Å². The third-order valence-corrected chi connectivity index (χ3v) is 6.43. The van der Waals surface area contributed by atoms with Gasteiger partial charge in [0.2, 0.25) is 5.95 Å². The van der Waals surface area contributed by atoms with Crippen LogP contribution in [0.1, 0.15) is 32.7 Å². The van der Waals surface area contributed by atoms with E-state index in [2.05, 4.69) is 20.3 Å². The quantitative estimate of drug-likeness (QED) is 0.219. The normalized spacial score (nSPS) is 11.7. The van der Waals surface area contributed by atoms with Crippen LogP contribution in [0.5, 0.6) is 0 Å². The Morgan fingerprint density at radius 2 is 1.56 bits per heavy atom. The highest BCUT2D eigenvalue weighted by molar-refractivity contribution is 6.03. The van der Waals surface area contributed by atoms with Crippen LogP contribution in [0.4, 0.5) is 5.95 Å². The zero-order valence-electron chi connectivity index (χ0n) is 22.2. The van der Waals surface area contributed by atoms with Gasteiger partial charge in [-0.25, -0.2) is 9.78 Å². The molecule has 0 radical (unpaired) electrons. The summed E-state index contributed by atoms with van der Waals surface area (Å²) in [5, 5.41) is 2.65. The van der Waals surface area contributed by atoms with Crippen molar-refractivity contribution < 1.29 is 19.1 Å². The number of H-pyrrole nitrogens is 1. The largest absolute Gasteiger partial charge is 0.462 e. The number of benzene rings is 3. The molecule has 208 valence electrons. The van der Waals surface area contributed by atoms with Crippen LogP contribution in [0.15, 0.2) is 102 Å². The molecule has 1 atom stereocenters. The van der Waals surface area contributed by atoms with Crippen LogP contribution in [0.25, 0.3) is 11.2 Å². The van der Waals surface area contributed by atoms with Crippen LogP contribution in [0.3, 0.4) is 0 Å². The van der Waals surface area contributed by atoms with E-state index in [9.17, 15) is 14.4 Å². The summed E-state index contributed by atoms with van der Waals surface area (Å²) in [6.45, 7) is 1.39. The van der Waals surface area contributed by atoms with Gasteiger partial charge in [0.25, 0.3) is 11.5 Å². The Hall–Kier alpha value is -5.09. The van der Waals surface area contributed by atoms with E-state index in [1.165, 1.54) is 6.33 Å². The maximum atomic E-state index is 12.7. The Kier molecular flexibility index (Phi) is 8.92. The molecule has 5 rings (SSSR count). The maximum Gasteiger partial charge on any atom is 0.338 e. The molecular formula is C31H29N5O5. The number of ether oxygens (including phenoxy) is 2. The van der Waals surface area contributed by atoms with Crippen molar-refractivity contribution in [1.82, 2.24) is 19.5 Å². The smallest absolute Gasteiger partial charge is 0.338 e. The molecule has 0 unspecified atom stereocenters. The molecule has 0 spiro atoms. The third-order valence-electron chi connectivity index (χ3n) is 6.43. The maximum absolute atomic E-state index is 12.7. The molecule has 2 aromatic heterocycles. The van der Waals surface area contributed by atoms with Gasteiger partial charge in [0.05, 0.1) is 31.7 Å². The zero-order chi connectivity index (χ0) is 28.4. The Labute approximate surface area is 236 Å². The molecule has 0 aliphatic rings. The first-order chi connectivity index (χ1) is 20.1. The Morgan fingerprint density at radius 1 is 0.902 bits per heavy atom. The SMILES string of the molecule is O=C(Nc1nc2c(ncn2C[C@@H](CCOC(=O)c2ccccc2)COCc2ccccc2)c(=O)[nH]1)c1ccccc1. The van der Waals surface area contributed by atoms with Crippen LogP contribution in [0.2, 0.25) is 0 Å². The van der Waals surface area contributed by atoms with Gasteiger partial charge in [-0.15, -0.1) is 0 Å². The van der Waals surface area contributed by atoms with Gasteiger partial charge < -0.3 is 14.0 Å². The number of rotatable bonds is 12. The molecule has 10 nitrogen and oxygen atoms in total. The lowest BCUT2D eigenvalue weighted by molar-refractivity contribution is 0.0396. The molecule has 0 saturated heterocycles. The lowest BCUT2D eigenvalue weighted by Gasteiger charge is -2.18. The minimum absolute atomic E-state index is 0.0202. The molecule has 0 fully saturated rings. The van der Waals surface area contributed by atoms with Gasteiger partial charge in [-0.2, -0.15) is 4.98 Å². The van der Waals surface area contributed by atoms with E-state index in [4.69, 9.17) is 9.47 Å². The van der Waals surface area contributed by atoms with Crippen molar-refractivity contribution in [1.29, 1.82) is 0 Å². The highest BCUT2D eigenvalue weighted by atomic mass is 16.5. The first-order valence-electron chi connectivity index (χ1n) is 13.2. The van der Waals surface area contributed by atoms with Crippen molar-refractivity contribution in [2.75, 3.05) is 18.5 Å². The number of carbonyl (C=O) groups excluding carboxylic acids is 2. The van der Waals surface area contributed by atoms with Crippen molar-refractivity contribution in [3.63, 3.8) is 0 Å². The highest BCUT2D eigenvalue weighted by Gasteiger charge is 2.18. The first-order valence-corrected chi connectivity index (χ1v) is 13.2. The number of nitrogens with one attached hydrogen (secondary N) is 2. The van der Waals surface area contributed by atoms with E-state index in [1.807, 2.05) is 42.5 Å². The van der Waals surface area contributed by atoms with Crippen LogP contribution >= 0.6 is 0 Å². The summed E-state index contributed by atoms with van der Waals surface area (Å²) in [4.78, 5) is 49.1. The number of aromatic amines is 1. The molecule has 41 heavy (non-hydrogen) atoms. The number of hydrogen-bond donors (Lipinski definition) is 2. The Balaban J connectivity index is 1.30. The summed E-state index contributed by atoms with van der Waals surface area (Å²) >= 11 is 0. The second-order valence-electron chi connectivity index (χ2n) is 9.46. The number of hydrogen-bond acceptors (Lipinski definition) is 7. The number of fused-ring (bicyclic) bond motifs is 1. The monoisotopic (exact) mass is 551 g/mol. The van der Waals surface area contributed by atoms with Crippen LogP contribution in [0, 0.1) is 5.92 Å². The molecule has 1 amide bonds.